The van der Waals surface area contributed by atoms with Crippen molar-refractivity contribution in [3.05, 3.63) is 16.1 Å². The fraction of sp³-hybridized carbons (Fsp3) is 0.714. The zero-order valence-electron chi connectivity index (χ0n) is 13.3. The summed E-state index contributed by atoms with van der Waals surface area (Å²) in [6.45, 7) is 11.3. The molecule has 2 rings (SSSR count). The molecule has 1 aliphatic rings. The Labute approximate surface area is 153 Å². The highest BCUT2D eigenvalue weighted by Crippen LogP contribution is 2.12. The van der Waals surface area contributed by atoms with E-state index in [1.54, 1.807) is 11.3 Å². The fourth-order valence-electron chi connectivity index (χ4n) is 2.13. The molecule has 6 nitrogen and oxygen atoms in total. The second-order valence-corrected chi connectivity index (χ2v) is 6.24. The summed E-state index contributed by atoms with van der Waals surface area (Å²) in [6.07, 6.45) is 1.90. The van der Waals surface area contributed by atoms with Gasteiger partial charge in [0, 0.05) is 43.8 Å². The second-order valence-electron chi connectivity index (χ2n) is 4.92. The first kappa shape index (κ1) is 19.6. The number of aromatic nitrogens is 1. The molecule has 1 fully saturated rings. The van der Waals surface area contributed by atoms with Crippen LogP contribution in [0.4, 0.5) is 0 Å². The lowest BCUT2D eigenvalue weighted by atomic mass is 10.4. The minimum Gasteiger partial charge on any atom is -0.379 e. The number of guanidine groups is 1. The van der Waals surface area contributed by atoms with E-state index in [2.05, 4.69) is 32.4 Å². The van der Waals surface area contributed by atoms with Gasteiger partial charge in [-0.25, -0.2) is 9.98 Å². The van der Waals surface area contributed by atoms with Gasteiger partial charge in [0.2, 0.25) is 0 Å². The van der Waals surface area contributed by atoms with Gasteiger partial charge < -0.3 is 15.4 Å². The average molecular weight is 439 g/mol. The Hall–Kier alpha value is -0.450. The average Bonchev–Trinajstić information content (AvgIpc) is 2.91. The maximum atomic E-state index is 5.35. The summed E-state index contributed by atoms with van der Waals surface area (Å²) in [6, 6.07) is 0. The molecule has 0 spiro atoms. The molecule has 22 heavy (non-hydrogen) atoms. The van der Waals surface area contributed by atoms with Crippen molar-refractivity contribution in [1.82, 2.24) is 20.5 Å². The first-order chi connectivity index (χ1) is 10.3. The number of rotatable bonds is 6. The molecule has 0 saturated carbocycles. The predicted molar refractivity (Wildman–Crippen MR) is 102 cm³/mol. The Kier molecular flexibility index (Phi) is 9.92. The molecule has 1 aromatic rings. The van der Waals surface area contributed by atoms with Crippen LogP contribution in [0.25, 0.3) is 0 Å². The first-order valence-corrected chi connectivity index (χ1v) is 8.33. The Morgan fingerprint density at radius 1 is 1.41 bits per heavy atom. The van der Waals surface area contributed by atoms with Gasteiger partial charge in [-0.1, -0.05) is 0 Å². The molecule has 8 heteroatoms. The smallest absolute Gasteiger partial charge is 0.191 e. The van der Waals surface area contributed by atoms with Crippen LogP contribution < -0.4 is 10.6 Å². The summed E-state index contributed by atoms with van der Waals surface area (Å²) in [7, 11) is 0. The van der Waals surface area contributed by atoms with Crippen molar-refractivity contribution in [1.29, 1.82) is 0 Å². The van der Waals surface area contributed by atoms with Crippen LogP contribution in [0.5, 0.6) is 0 Å². The monoisotopic (exact) mass is 439 g/mol. The third kappa shape index (κ3) is 7.21. The summed E-state index contributed by atoms with van der Waals surface area (Å²) in [5, 5.41) is 7.75. The Morgan fingerprint density at radius 2 is 2.18 bits per heavy atom. The molecule has 0 radical (unpaired) electrons. The SMILES string of the molecule is CCNC(=NCc1cnc(C)s1)NCCN1CCOCC1.I. The number of hydrogen-bond donors (Lipinski definition) is 2. The maximum absolute atomic E-state index is 5.35. The quantitative estimate of drug-likeness (QED) is 0.399. The van der Waals surface area contributed by atoms with Gasteiger partial charge in [0.25, 0.3) is 0 Å². The molecule has 1 saturated heterocycles. The normalized spacial score (nSPS) is 16.2. The van der Waals surface area contributed by atoms with E-state index in [1.165, 1.54) is 4.88 Å². The number of nitrogens with one attached hydrogen (secondary N) is 2. The van der Waals surface area contributed by atoms with E-state index in [0.717, 1.165) is 56.9 Å². The summed E-state index contributed by atoms with van der Waals surface area (Å²) in [5.41, 5.74) is 0. The topological polar surface area (TPSA) is 61.8 Å². The minimum atomic E-state index is 0. The van der Waals surface area contributed by atoms with Crippen LogP contribution in [-0.4, -0.2) is 61.8 Å². The van der Waals surface area contributed by atoms with Gasteiger partial charge in [0.05, 0.1) is 24.8 Å². The van der Waals surface area contributed by atoms with Crippen molar-refractivity contribution < 1.29 is 4.74 Å². The van der Waals surface area contributed by atoms with Crippen LogP contribution >= 0.6 is 35.3 Å². The molecule has 0 amide bonds. The van der Waals surface area contributed by atoms with Crippen molar-refractivity contribution >= 4 is 41.3 Å². The third-order valence-corrected chi connectivity index (χ3v) is 4.13. The molecule has 0 aromatic carbocycles. The zero-order chi connectivity index (χ0) is 14.9. The van der Waals surface area contributed by atoms with Gasteiger partial charge in [0.1, 0.15) is 0 Å². The van der Waals surface area contributed by atoms with Crippen molar-refractivity contribution in [2.45, 2.75) is 20.4 Å². The van der Waals surface area contributed by atoms with E-state index in [0.29, 0.717) is 6.54 Å². The maximum Gasteiger partial charge on any atom is 0.191 e. The van der Waals surface area contributed by atoms with Gasteiger partial charge in [-0.05, 0) is 13.8 Å². The van der Waals surface area contributed by atoms with E-state index in [4.69, 9.17) is 4.74 Å². The Bertz CT molecular complexity index is 448. The molecule has 126 valence electrons. The number of hydrogen-bond acceptors (Lipinski definition) is 5. The summed E-state index contributed by atoms with van der Waals surface area (Å²) in [5.74, 6) is 0.872. The molecule has 0 unspecified atom stereocenters. The van der Waals surface area contributed by atoms with Crippen LogP contribution in [-0.2, 0) is 11.3 Å². The second kappa shape index (κ2) is 11.1. The highest BCUT2D eigenvalue weighted by Gasteiger charge is 2.09. The molecule has 0 aliphatic carbocycles. The molecule has 0 atom stereocenters. The lowest BCUT2D eigenvalue weighted by molar-refractivity contribution is 0.0389. The summed E-state index contributed by atoms with van der Waals surface area (Å²) < 4.78 is 5.35. The predicted octanol–water partition coefficient (Wildman–Crippen LogP) is 1.46. The molecule has 2 N–H and O–H groups in total. The number of aryl methyl sites for hydroxylation is 1. The third-order valence-electron chi connectivity index (χ3n) is 3.23. The number of morpholine rings is 1. The van der Waals surface area contributed by atoms with Crippen LogP contribution in [0.3, 0.4) is 0 Å². The summed E-state index contributed by atoms with van der Waals surface area (Å²) >= 11 is 1.70. The zero-order valence-corrected chi connectivity index (χ0v) is 16.4. The van der Waals surface area contributed by atoms with Crippen LogP contribution in [0.2, 0.25) is 0 Å². The molecule has 1 aliphatic heterocycles. The summed E-state index contributed by atoms with van der Waals surface area (Å²) in [4.78, 5) is 12.5. The lowest BCUT2D eigenvalue weighted by Gasteiger charge is -2.26. The number of nitrogens with zero attached hydrogens (tertiary/aromatic N) is 3. The van der Waals surface area contributed by atoms with Crippen LogP contribution in [0, 0.1) is 6.92 Å². The Morgan fingerprint density at radius 3 is 2.82 bits per heavy atom. The number of thiazole rings is 1. The number of aliphatic imine (C=N–C) groups is 1. The number of ether oxygens (including phenoxy) is 1. The standard InChI is InChI=1S/C14H25N5OS.HI/c1-3-15-14(18-11-13-10-17-12(2)21-13)16-4-5-19-6-8-20-9-7-19;/h10H,3-9,11H2,1-2H3,(H2,15,16,18);1H. The van der Waals surface area contributed by atoms with E-state index >= 15 is 0 Å². The molecular formula is C14H26IN5OS. The minimum absolute atomic E-state index is 0. The van der Waals surface area contributed by atoms with Gasteiger partial charge in [0.15, 0.2) is 5.96 Å². The largest absolute Gasteiger partial charge is 0.379 e. The molecule has 0 bridgehead atoms. The molecular weight excluding hydrogens is 413 g/mol. The number of halogens is 1. The highest BCUT2D eigenvalue weighted by molar-refractivity contribution is 14.0. The highest BCUT2D eigenvalue weighted by atomic mass is 127. The first-order valence-electron chi connectivity index (χ1n) is 7.51. The Balaban J connectivity index is 0.00000242. The van der Waals surface area contributed by atoms with Gasteiger partial charge in [-0.3, -0.25) is 4.90 Å². The molecule has 2 heterocycles. The van der Waals surface area contributed by atoms with Crippen LogP contribution in [0.1, 0.15) is 16.8 Å². The van der Waals surface area contributed by atoms with E-state index in [9.17, 15) is 0 Å². The van der Waals surface area contributed by atoms with Gasteiger partial charge in [-0.2, -0.15) is 0 Å². The van der Waals surface area contributed by atoms with Crippen molar-refractivity contribution in [3.63, 3.8) is 0 Å². The lowest BCUT2D eigenvalue weighted by Crippen LogP contribution is -2.44. The molecule has 1 aromatic heterocycles. The van der Waals surface area contributed by atoms with E-state index < -0.39 is 0 Å². The van der Waals surface area contributed by atoms with Crippen molar-refractivity contribution in [3.8, 4) is 0 Å². The van der Waals surface area contributed by atoms with Crippen molar-refractivity contribution in [2.75, 3.05) is 45.9 Å². The fourth-order valence-corrected chi connectivity index (χ4v) is 2.85. The van der Waals surface area contributed by atoms with Crippen LogP contribution in [0.15, 0.2) is 11.2 Å². The van der Waals surface area contributed by atoms with E-state index in [1.807, 2.05) is 13.1 Å². The van der Waals surface area contributed by atoms with Crippen molar-refractivity contribution in [2.24, 2.45) is 4.99 Å². The van der Waals surface area contributed by atoms with E-state index in [-0.39, 0.29) is 24.0 Å². The van der Waals surface area contributed by atoms with Gasteiger partial charge in [-0.15, -0.1) is 35.3 Å². The van der Waals surface area contributed by atoms with Gasteiger partial charge >= 0.3 is 0 Å².